The number of rotatable bonds is 5. The van der Waals surface area contributed by atoms with Gasteiger partial charge in [0.15, 0.2) is 0 Å². The summed E-state index contributed by atoms with van der Waals surface area (Å²) in [7, 11) is 3.39. The smallest absolute Gasteiger partial charge is 0.409 e. The van der Waals surface area contributed by atoms with Crippen LogP contribution in [0.3, 0.4) is 0 Å². The normalized spacial score (nSPS) is 15.5. The summed E-state index contributed by atoms with van der Waals surface area (Å²) in [5.41, 5.74) is 2.95. The molecule has 0 bridgehead atoms. The van der Waals surface area contributed by atoms with Crippen LogP contribution in [0.5, 0.6) is 5.75 Å². The van der Waals surface area contributed by atoms with Gasteiger partial charge in [-0.1, -0.05) is 0 Å². The molecule has 0 saturated heterocycles. The SMILES string of the molecule is CCN(C)C(=O)OC1CCc2c(sc3ncnc(Nc4cc5cn[nH]c5cc4OC)c23)C1. The van der Waals surface area contributed by atoms with Gasteiger partial charge in [0.05, 0.1) is 29.9 Å². The molecular weight excluding hydrogens is 428 g/mol. The molecule has 3 aromatic heterocycles. The highest BCUT2D eigenvalue weighted by Crippen LogP contribution is 2.41. The molecule has 1 atom stereocenters. The number of aromatic amines is 1. The van der Waals surface area contributed by atoms with Crippen LogP contribution >= 0.6 is 11.3 Å². The molecule has 166 valence electrons. The molecule has 32 heavy (non-hydrogen) atoms. The van der Waals surface area contributed by atoms with Crippen LogP contribution in [-0.4, -0.2) is 58.0 Å². The van der Waals surface area contributed by atoms with Crippen LogP contribution in [0.1, 0.15) is 23.8 Å². The van der Waals surface area contributed by atoms with Crippen molar-refractivity contribution in [2.24, 2.45) is 0 Å². The van der Waals surface area contributed by atoms with E-state index >= 15 is 0 Å². The quantitative estimate of drug-likeness (QED) is 0.466. The molecule has 1 aliphatic rings. The van der Waals surface area contributed by atoms with Crippen molar-refractivity contribution in [1.29, 1.82) is 0 Å². The third-order valence-electron chi connectivity index (χ3n) is 5.87. The Balaban J connectivity index is 1.46. The third-order valence-corrected chi connectivity index (χ3v) is 7.03. The number of aryl methyl sites for hydroxylation is 1. The van der Waals surface area contributed by atoms with E-state index in [0.717, 1.165) is 45.5 Å². The van der Waals surface area contributed by atoms with E-state index in [0.29, 0.717) is 18.7 Å². The van der Waals surface area contributed by atoms with Crippen molar-refractivity contribution in [2.75, 3.05) is 26.0 Å². The second-order valence-corrected chi connectivity index (χ2v) is 8.89. The topological polar surface area (TPSA) is 105 Å². The van der Waals surface area contributed by atoms with Gasteiger partial charge in [0.2, 0.25) is 0 Å². The van der Waals surface area contributed by atoms with Crippen LogP contribution in [0.2, 0.25) is 0 Å². The fourth-order valence-corrected chi connectivity index (χ4v) is 5.25. The summed E-state index contributed by atoms with van der Waals surface area (Å²) in [5, 5.41) is 12.5. The van der Waals surface area contributed by atoms with E-state index in [9.17, 15) is 4.79 Å². The Morgan fingerprint density at radius 3 is 3.06 bits per heavy atom. The van der Waals surface area contributed by atoms with Gasteiger partial charge in [0.25, 0.3) is 0 Å². The van der Waals surface area contributed by atoms with E-state index in [1.54, 1.807) is 42.9 Å². The van der Waals surface area contributed by atoms with E-state index in [4.69, 9.17) is 9.47 Å². The zero-order chi connectivity index (χ0) is 22.2. The van der Waals surface area contributed by atoms with E-state index in [1.807, 2.05) is 19.1 Å². The molecule has 2 N–H and O–H groups in total. The van der Waals surface area contributed by atoms with Crippen molar-refractivity contribution in [3.8, 4) is 5.75 Å². The summed E-state index contributed by atoms with van der Waals surface area (Å²) >= 11 is 1.64. The highest BCUT2D eigenvalue weighted by Gasteiger charge is 2.28. The van der Waals surface area contributed by atoms with Gasteiger partial charge in [-0.05, 0) is 31.4 Å². The van der Waals surface area contributed by atoms with E-state index in [2.05, 4.69) is 25.5 Å². The minimum absolute atomic E-state index is 0.120. The lowest BCUT2D eigenvalue weighted by Gasteiger charge is -2.25. The Morgan fingerprint density at radius 2 is 2.25 bits per heavy atom. The summed E-state index contributed by atoms with van der Waals surface area (Å²) in [6.45, 7) is 2.55. The number of H-pyrrole nitrogens is 1. The zero-order valence-corrected chi connectivity index (χ0v) is 19.0. The fraction of sp³-hybridized carbons (Fsp3) is 0.364. The predicted octanol–water partition coefficient (Wildman–Crippen LogP) is 4.27. The summed E-state index contributed by atoms with van der Waals surface area (Å²) in [6.07, 6.45) is 5.24. The lowest BCUT2D eigenvalue weighted by Crippen LogP contribution is -2.33. The molecule has 1 amide bonds. The summed E-state index contributed by atoms with van der Waals surface area (Å²) in [4.78, 5) is 24.9. The number of anilines is 2. The summed E-state index contributed by atoms with van der Waals surface area (Å²) < 4.78 is 11.3. The first-order valence-corrected chi connectivity index (χ1v) is 11.3. The minimum atomic E-state index is -0.272. The maximum Gasteiger partial charge on any atom is 0.409 e. The highest BCUT2D eigenvalue weighted by atomic mass is 32.1. The molecule has 1 aromatic carbocycles. The van der Waals surface area contributed by atoms with Gasteiger partial charge in [0, 0.05) is 36.3 Å². The Labute approximate surface area is 188 Å². The van der Waals surface area contributed by atoms with Crippen molar-refractivity contribution < 1.29 is 14.3 Å². The Kier molecular flexibility index (Phi) is 5.30. The zero-order valence-electron chi connectivity index (χ0n) is 18.1. The molecule has 3 heterocycles. The first-order chi connectivity index (χ1) is 15.6. The van der Waals surface area contributed by atoms with Gasteiger partial charge in [0.1, 0.15) is 28.8 Å². The van der Waals surface area contributed by atoms with Crippen LogP contribution in [0, 0.1) is 0 Å². The van der Waals surface area contributed by atoms with E-state index < -0.39 is 0 Å². The van der Waals surface area contributed by atoms with Crippen molar-refractivity contribution in [3.63, 3.8) is 0 Å². The van der Waals surface area contributed by atoms with Crippen LogP contribution in [0.4, 0.5) is 16.3 Å². The first-order valence-electron chi connectivity index (χ1n) is 10.5. The number of nitrogens with zero attached hydrogens (tertiary/aromatic N) is 4. The average Bonchev–Trinajstić information content (AvgIpc) is 3.41. The number of thiophene rings is 1. The van der Waals surface area contributed by atoms with Crippen molar-refractivity contribution >= 4 is 50.1 Å². The highest BCUT2D eigenvalue weighted by molar-refractivity contribution is 7.19. The number of benzene rings is 1. The molecule has 1 aliphatic carbocycles. The number of carbonyl (C=O) groups is 1. The molecule has 9 nitrogen and oxygen atoms in total. The maximum absolute atomic E-state index is 12.2. The number of carbonyl (C=O) groups excluding carboxylic acids is 1. The standard InChI is InChI=1S/C22H24N6O3S/c1-4-28(2)22(29)31-13-5-6-14-18(8-13)32-21-19(14)20(23-11-24-21)26-16-7-12-10-25-27-15(12)9-17(16)30-3/h7,9-11,13H,4-6,8H2,1-3H3,(H,25,27)(H,23,24,26). The van der Waals surface area contributed by atoms with Crippen LogP contribution in [0.25, 0.3) is 21.1 Å². The Bertz CT molecular complexity index is 1300. The molecular formula is C22H24N6O3S. The number of nitrogens with one attached hydrogen (secondary N) is 2. The molecule has 5 rings (SSSR count). The Hall–Kier alpha value is -3.40. The second kappa shape index (κ2) is 8.27. The largest absolute Gasteiger partial charge is 0.494 e. The third kappa shape index (κ3) is 3.60. The fourth-order valence-electron chi connectivity index (χ4n) is 4.00. The summed E-state index contributed by atoms with van der Waals surface area (Å²) in [5.74, 6) is 1.44. The van der Waals surface area contributed by atoms with Gasteiger partial charge < -0.3 is 19.7 Å². The van der Waals surface area contributed by atoms with Gasteiger partial charge in [-0.2, -0.15) is 5.10 Å². The van der Waals surface area contributed by atoms with Gasteiger partial charge in [-0.15, -0.1) is 11.3 Å². The number of amides is 1. The van der Waals surface area contributed by atoms with E-state index in [-0.39, 0.29) is 12.2 Å². The molecule has 0 spiro atoms. The maximum atomic E-state index is 12.2. The van der Waals surface area contributed by atoms with Gasteiger partial charge in [-0.25, -0.2) is 14.8 Å². The number of ether oxygens (including phenoxy) is 2. The monoisotopic (exact) mass is 452 g/mol. The van der Waals surface area contributed by atoms with Crippen LogP contribution in [0.15, 0.2) is 24.7 Å². The van der Waals surface area contributed by atoms with Gasteiger partial charge in [-0.3, -0.25) is 5.10 Å². The molecule has 4 aromatic rings. The lowest BCUT2D eigenvalue weighted by atomic mass is 9.94. The van der Waals surface area contributed by atoms with Crippen molar-refractivity contribution in [2.45, 2.75) is 32.3 Å². The lowest BCUT2D eigenvalue weighted by molar-refractivity contribution is 0.0644. The number of fused-ring (bicyclic) bond motifs is 4. The molecule has 1 unspecified atom stereocenters. The number of hydrogen-bond acceptors (Lipinski definition) is 8. The van der Waals surface area contributed by atoms with Crippen LogP contribution < -0.4 is 10.1 Å². The van der Waals surface area contributed by atoms with Crippen LogP contribution in [-0.2, 0) is 17.6 Å². The average molecular weight is 453 g/mol. The van der Waals surface area contributed by atoms with Gasteiger partial charge >= 0.3 is 6.09 Å². The van der Waals surface area contributed by atoms with Crippen molar-refractivity contribution in [3.05, 3.63) is 35.1 Å². The molecule has 0 saturated carbocycles. The first kappa shape index (κ1) is 20.5. The number of methoxy groups -OCH3 is 1. The van der Waals surface area contributed by atoms with Crippen molar-refractivity contribution in [1.82, 2.24) is 25.1 Å². The molecule has 0 fully saturated rings. The summed E-state index contributed by atoms with van der Waals surface area (Å²) in [6, 6.07) is 3.91. The van der Waals surface area contributed by atoms with E-state index in [1.165, 1.54) is 10.4 Å². The second-order valence-electron chi connectivity index (χ2n) is 7.80. The Morgan fingerprint density at radius 1 is 1.38 bits per heavy atom. The number of aromatic nitrogens is 4. The number of hydrogen-bond donors (Lipinski definition) is 2. The predicted molar refractivity (Wildman–Crippen MR) is 124 cm³/mol. The molecule has 10 heteroatoms. The molecule has 0 aliphatic heterocycles. The molecule has 0 radical (unpaired) electrons. The minimum Gasteiger partial charge on any atom is -0.494 e.